The molecule has 2 amide bonds. The number of amides is 2. The quantitative estimate of drug-likeness (QED) is 0.262. The second-order valence-corrected chi connectivity index (χ2v) is 9.77. The molecule has 0 fully saturated rings. The van der Waals surface area contributed by atoms with Gasteiger partial charge in [0, 0.05) is 13.0 Å². The SMILES string of the molecule is C[C@@H](OCc1ccccc1)[C@H](NC(=O)c1cnn(C)c1NC(=O)OCC1c2ccccc2-c2ccccc21)C(=O)O. The number of carboxylic acids is 1. The number of aromatic nitrogens is 2. The maximum atomic E-state index is 13.1. The molecule has 3 aromatic carbocycles. The van der Waals surface area contributed by atoms with Crippen LogP contribution in [0.1, 0.15) is 39.9 Å². The number of carboxylic acid groups (broad SMARTS) is 1. The molecule has 0 unspecified atom stereocenters. The summed E-state index contributed by atoms with van der Waals surface area (Å²) >= 11 is 0. The van der Waals surface area contributed by atoms with Gasteiger partial charge < -0.3 is 19.9 Å². The van der Waals surface area contributed by atoms with Gasteiger partial charge in [0.15, 0.2) is 6.04 Å². The highest BCUT2D eigenvalue weighted by Crippen LogP contribution is 2.44. The molecule has 0 aliphatic heterocycles. The number of hydrogen-bond acceptors (Lipinski definition) is 6. The zero-order valence-corrected chi connectivity index (χ0v) is 22.6. The van der Waals surface area contributed by atoms with Crippen LogP contribution in [0, 0.1) is 0 Å². The Balaban J connectivity index is 1.23. The highest BCUT2D eigenvalue weighted by Gasteiger charge is 2.31. The fourth-order valence-electron chi connectivity index (χ4n) is 4.98. The topological polar surface area (TPSA) is 132 Å². The fourth-order valence-corrected chi connectivity index (χ4v) is 4.98. The Morgan fingerprint density at radius 1 is 0.951 bits per heavy atom. The molecule has 0 radical (unpaired) electrons. The lowest BCUT2D eigenvalue weighted by Crippen LogP contribution is -2.48. The van der Waals surface area contributed by atoms with E-state index in [1.165, 1.54) is 10.9 Å². The van der Waals surface area contributed by atoms with E-state index in [4.69, 9.17) is 9.47 Å². The number of hydrogen-bond donors (Lipinski definition) is 3. The summed E-state index contributed by atoms with van der Waals surface area (Å²) < 4.78 is 12.6. The van der Waals surface area contributed by atoms with E-state index in [-0.39, 0.29) is 30.5 Å². The third-order valence-electron chi connectivity index (χ3n) is 7.13. The summed E-state index contributed by atoms with van der Waals surface area (Å²) in [7, 11) is 1.55. The second-order valence-electron chi connectivity index (χ2n) is 9.77. The van der Waals surface area contributed by atoms with Crippen LogP contribution in [-0.2, 0) is 27.9 Å². The van der Waals surface area contributed by atoms with Crippen molar-refractivity contribution in [2.45, 2.75) is 31.6 Å². The molecule has 1 aliphatic rings. The third-order valence-corrected chi connectivity index (χ3v) is 7.13. The number of anilines is 1. The van der Waals surface area contributed by atoms with E-state index in [0.717, 1.165) is 27.8 Å². The summed E-state index contributed by atoms with van der Waals surface area (Å²) in [5.74, 6) is -2.04. The predicted molar refractivity (Wildman–Crippen MR) is 151 cm³/mol. The Morgan fingerprint density at radius 2 is 1.56 bits per heavy atom. The van der Waals surface area contributed by atoms with Crippen molar-refractivity contribution >= 4 is 23.8 Å². The number of nitrogens with one attached hydrogen (secondary N) is 2. The number of benzene rings is 3. The van der Waals surface area contributed by atoms with Crippen molar-refractivity contribution in [3.8, 4) is 11.1 Å². The van der Waals surface area contributed by atoms with Crippen molar-refractivity contribution in [1.29, 1.82) is 0 Å². The van der Waals surface area contributed by atoms with Crippen LogP contribution < -0.4 is 10.6 Å². The number of rotatable bonds is 10. The van der Waals surface area contributed by atoms with Crippen molar-refractivity contribution in [3.05, 3.63) is 107 Å². The van der Waals surface area contributed by atoms with Crippen LogP contribution in [0.4, 0.5) is 10.6 Å². The van der Waals surface area contributed by atoms with Crippen LogP contribution in [0.15, 0.2) is 85.1 Å². The molecule has 1 aliphatic carbocycles. The van der Waals surface area contributed by atoms with Gasteiger partial charge in [0.2, 0.25) is 0 Å². The smallest absolute Gasteiger partial charge is 0.412 e. The third kappa shape index (κ3) is 5.97. The van der Waals surface area contributed by atoms with E-state index in [1.807, 2.05) is 78.9 Å². The number of fused-ring (bicyclic) bond motifs is 3. The summed E-state index contributed by atoms with van der Waals surface area (Å²) in [4.78, 5) is 37.9. The van der Waals surface area contributed by atoms with Crippen LogP contribution in [0.2, 0.25) is 0 Å². The molecule has 210 valence electrons. The van der Waals surface area contributed by atoms with Crippen LogP contribution in [-0.4, -0.2) is 51.6 Å². The first-order valence-corrected chi connectivity index (χ1v) is 13.2. The normalized spacial score (nSPS) is 13.5. The first kappa shape index (κ1) is 27.6. The van der Waals surface area contributed by atoms with Gasteiger partial charge in [-0.2, -0.15) is 5.10 Å². The number of ether oxygens (including phenoxy) is 2. The van der Waals surface area contributed by atoms with Crippen LogP contribution >= 0.6 is 0 Å². The van der Waals surface area contributed by atoms with Gasteiger partial charge in [-0.1, -0.05) is 78.9 Å². The van der Waals surface area contributed by atoms with Crippen molar-refractivity contribution in [3.63, 3.8) is 0 Å². The average Bonchev–Trinajstić information content (AvgIpc) is 3.51. The maximum Gasteiger partial charge on any atom is 0.412 e. The molecule has 1 aromatic heterocycles. The van der Waals surface area contributed by atoms with E-state index in [9.17, 15) is 19.5 Å². The number of carbonyl (C=O) groups is 3. The molecule has 3 N–H and O–H groups in total. The molecule has 41 heavy (non-hydrogen) atoms. The summed E-state index contributed by atoms with van der Waals surface area (Å²) in [6.45, 7) is 1.85. The van der Waals surface area contributed by atoms with Gasteiger partial charge in [-0.3, -0.25) is 14.8 Å². The molecular formula is C31H30N4O6. The Kier molecular flexibility index (Phi) is 8.11. The summed E-state index contributed by atoms with van der Waals surface area (Å²) in [6.07, 6.45) is -0.353. The summed E-state index contributed by atoms with van der Waals surface area (Å²) in [6, 6.07) is 24.0. The molecular weight excluding hydrogens is 524 g/mol. The lowest BCUT2D eigenvalue weighted by Gasteiger charge is -2.22. The number of aryl methyl sites for hydroxylation is 1. The monoisotopic (exact) mass is 554 g/mol. The zero-order valence-electron chi connectivity index (χ0n) is 22.6. The second kappa shape index (κ2) is 12.1. The van der Waals surface area contributed by atoms with Gasteiger partial charge in [0.25, 0.3) is 5.91 Å². The van der Waals surface area contributed by atoms with E-state index in [0.29, 0.717) is 0 Å². The highest BCUT2D eigenvalue weighted by molar-refractivity contribution is 6.03. The molecule has 0 saturated heterocycles. The van der Waals surface area contributed by atoms with Crippen LogP contribution in [0.25, 0.3) is 11.1 Å². The minimum absolute atomic E-state index is 0.0116. The van der Waals surface area contributed by atoms with Crippen molar-refractivity contribution in [1.82, 2.24) is 15.1 Å². The number of carbonyl (C=O) groups excluding carboxylic acids is 2. The van der Waals surface area contributed by atoms with Crippen molar-refractivity contribution in [2.75, 3.05) is 11.9 Å². The standard InChI is InChI=1S/C31H30N4O6/c1-19(40-17-20-10-4-3-5-11-20)27(30(37)38)33-29(36)25-16-32-35(2)28(25)34-31(39)41-18-26-23-14-8-6-12-21(23)22-13-7-9-15-24(22)26/h3-16,19,26-27H,17-18H2,1-2H3,(H,33,36)(H,34,39)(H,37,38)/t19-,27+/m1/s1. The molecule has 2 atom stereocenters. The highest BCUT2D eigenvalue weighted by atomic mass is 16.5. The largest absolute Gasteiger partial charge is 0.480 e. The molecule has 0 spiro atoms. The Labute approximate surface area is 236 Å². The van der Waals surface area contributed by atoms with E-state index < -0.39 is 30.1 Å². The number of aliphatic carboxylic acids is 1. The van der Waals surface area contributed by atoms with E-state index in [2.05, 4.69) is 15.7 Å². The molecule has 10 nitrogen and oxygen atoms in total. The predicted octanol–water partition coefficient (Wildman–Crippen LogP) is 4.57. The lowest BCUT2D eigenvalue weighted by molar-refractivity contribution is -0.143. The molecule has 0 bridgehead atoms. The van der Waals surface area contributed by atoms with E-state index >= 15 is 0 Å². The van der Waals surface area contributed by atoms with Gasteiger partial charge in [0.1, 0.15) is 18.0 Å². The minimum Gasteiger partial charge on any atom is -0.480 e. The van der Waals surface area contributed by atoms with Gasteiger partial charge in [-0.25, -0.2) is 9.59 Å². The number of nitrogens with zero attached hydrogens (tertiary/aromatic N) is 2. The van der Waals surface area contributed by atoms with Crippen LogP contribution in [0.3, 0.4) is 0 Å². The van der Waals surface area contributed by atoms with E-state index in [1.54, 1.807) is 14.0 Å². The molecule has 0 saturated carbocycles. The van der Waals surface area contributed by atoms with Crippen molar-refractivity contribution in [2.24, 2.45) is 7.05 Å². The average molecular weight is 555 g/mol. The first-order valence-electron chi connectivity index (χ1n) is 13.2. The first-order chi connectivity index (χ1) is 19.8. The van der Waals surface area contributed by atoms with Gasteiger partial charge >= 0.3 is 12.1 Å². The van der Waals surface area contributed by atoms with Gasteiger partial charge in [-0.15, -0.1) is 0 Å². The molecule has 10 heteroatoms. The minimum atomic E-state index is -1.34. The Hall–Kier alpha value is -4.96. The molecule has 1 heterocycles. The van der Waals surface area contributed by atoms with Crippen molar-refractivity contribution < 1.29 is 29.0 Å². The maximum absolute atomic E-state index is 13.1. The van der Waals surface area contributed by atoms with Crippen LogP contribution in [0.5, 0.6) is 0 Å². The zero-order chi connectivity index (χ0) is 28.9. The van der Waals surface area contributed by atoms with Gasteiger partial charge in [0.05, 0.1) is 18.9 Å². The Bertz CT molecular complexity index is 1520. The Morgan fingerprint density at radius 3 is 2.20 bits per heavy atom. The molecule has 4 aromatic rings. The lowest BCUT2D eigenvalue weighted by atomic mass is 9.98. The van der Waals surface area contributed by atoms with Gasteiger partial charge in [-0.05, 0) is 34.7 Å². The molecule has 5 rings (SSSR count). The fraction of sp³-hybridized carbons (Fsp3) is 0.226. The summed E-state index contributed by atoms with van der Waals surface area (Å²) in [5, 5.41) is 18.9. The summed E-state index contributed by atoms with van der Waals surface area (Å²) in [5.41, 5.74) is 5.23.